The van der Waals surface area contributed by atoms with Gasteiger partial charge >= 0.3 is 0 Å². The lowest BCUT2D eigenvalue weighted by Gasteiger charge is -2.26. The molecule has 1 N–H and O–H groups in total. The second-order valence-corrected chi connectivity index (χ2v) is 6.38. The van der Waals surface area contributed by atoms with Crippen molar-refractivity contribution < 1.29 is 9.53 Å². The van der Waals surface area contributed by atoms with Crippen LogP contribution in [0.25, 0.3) is 0 Å². The van der Waals surface area contributed by atoms with Gasteiger partial charge in [-0.15, -0.1) is 11.3 Å². The highest BCUT2D eigenvalue weighted by Crippen LogP contribution is 2.21. The topological polar surface area (TPSA) is 66.8 Å². The SMILES string of the molecule is CC/C(=N/NC(=O)Cc1csc(N2CCOCC2)n1)C(C)C. The molecule has 1 aliphatic rings. The minimum atomic E-state index is -0.120. The number of hydrazone groups is 1. The van der Waals surface area contributed by atoms with Crippen LogP contribution in [0.5, 0.6) is 0 Å². The molecular formula is C15H24N4O2S. The molecule has 122 valence electrons. The lowest BCUT2D eigenvalue weighted by Crippen LogP contribution is -2.36. The molecule has 1 aromatic rings. The van der Waals surface area contributed by atoms with E-state index in [0.717, 1.165) is 49.3 Å². The van der Waals surface area contributed by atoms with Gasteiger partial charge in [-0.3, -0.25) is 4.79 Å². The minimum absolute atomic E-state index is 0.120. The van der Waals surface area contributed by atoms with Crippen LogP contribution in [0, 0.1) is 5.92 Å². The maximum atomic E-state index is 12.0. The molecular weight excluding hydrogens is 300 g/mol. The number of rotatable bonds is 6. The molecule has 0 aromatic carbocycles. The average Bonchev–Trinajstić information content (AvgIpc) is 2.97. The number of aromatic nitrogens is 1. The molecule has 0 saturated carbocycles. The van der Waals surface area contributed by atoms with E-state index >= 15 is 0 Å². The number of hydrogen-bond donors (Lipinski definition) is 1. The van der Waals surface area contributed by atoms with Gasteiger partial charge in [0.1, 0.15) is 0 Å². The number of thiazole rings is 1. The maximum Gasteiger partial charge on any atom is 0.246 e. The van der Waals surface area contributed by atoms with Gasteiger partial charge in [-0.1, -0.05) is 20.8 Å². The van der Waals surface area contributed by atoms with Crippen LogP contribution in [-0.4, -0.2) is 42.9 Å². The number of amides is 1. The van der Waals surface area contributed by atoms with Crippen molar-refractivity contribution in [3.63, 3.8) is 0 Å². The predicted octanol–water partition coefficient (Wildman–Crippen LogP) is 2.06. The van der Waals surface area contributed by atoms with Crippen molar-refractivity contribution in [1.29, 1.82) is 0 Å². The van der Waals surface area contributed by atoms with Crippen LogP contribution >= 0.6 is 11.3 Å². The third-order valence-electron chi connectivity index (χ3n) is 3.52. The van der Waals surface area contributed by atoms with Crippen molar-refractivity contribution in [2.75, 3.05) is 31.2 Å². The van der Waals surface area contributed by atoms with E-state index in [1.807, 2.05) is 12.3 Å². The Hall–Kier alpha value is -1.47. The Kier molecular flexibility index (Phi) is 6.33. The average molecular weight is 324 g/mol. The minimum Gasteiger partial charge on any atom is -0.378 e. The van der Waals surface area contributed by atoms with Crippen LogP contribution in [0.4, 0.5) is 5.13 Å². The molecule has 1 saturated heterocycles. The summed E-state index contributed by atoms with van der Waals surface area (Å²) in [5.74, 6) is 0.225. The van der Waals surface area contributed by atoms with Crippen molar-refractivity contribution in [3.05, 3.63) is 11.1 Å². The van der Waals surface area contributed by atoms with Gasteiger partial charge in [-0.25, -0.2) is 10.4 Å². The Morgan fingerprint density at radius 1 is 1.50 bits per heavy atom. The normalized spacial score (nSPS) is 16.2. The van der Waals surface area contributed by atoms with Crippen molar-refractivity contribution in [2.45, 2.75) is 33.6 Å². The third kappa shape index (κ3) is 4.78. The van der Waals surface area contributed by atoms with Crippen molar-refractivity contribution in [2.24, 2.45) is 11.0 Å². The van der Waals surface area contributed by atoms with E-state index < -0.39 is 0 Å². The summed E-state index contributed by atoms with van der Waals surface area (Å²) in [5.41, 5.74) is 4.43. The molecule has 0 atom stereocenters. The number of hydrogen-bond acceptors (Lipinski definition) is 6. The Morgan fingerprint density at radius 2 is 2.23 bits per heavy atom. The molecule has 2 heterocycles. The molecule has 0 radical (unpaired) electrons. The van der Waals surface area contributed by atoms with Crippen LogP contribution in [0.15, 0.2) is 10.5 Å². The van der Waals surface area contributed by atoms with Crippen molar-refractivity contribution >= 4 is 28.1 Å². The summed E-state index contributed by atoms with van der Waals surface area (Å²) in [6, 6.07) is 0. The van der Waals surface area contributed by atoms with Gasteiger partial charge < -0.3 is 9.64 Å². The van der Waals surface area contributed by atoms with E-state index in [1.165, 1.54) is 0 Å². The number of anilines is 1. The van der Waals surface area contributed by atoms with Crippen LogP contribution in [0.3, 0.4) is 0 Å². The number of morpholine rings is 1. The first-order valence-corrected chi connectivity index (χ1v) is 8.60. The second-order valence-electron chi connectivity index (χ2n) is 5.54. The predicted molar refractivity (Wildman–Crippen MR) is 89.6 cm³/mol. The molecule has 1 aromatic heterocycles. The first kappa shape index (κ1) is 16.9. The van der Waals surface area contributed by atoms with E-state index in [-0.39, 0.29) is 12.3 Å². The van der Waals surface area contributed by atoms with Crippen LogP contribution in [0.1, 0.15) is 32.9 Å². The van der Waals surface area contributed by atoms with E-state index in [1.54, 1.807) is 11.3 Å². The van der Waals surface area contributed by atoms with Gasteiger partial charge in [0, 0.05) is 24.2 Å². The quantitative estimate of drug-likeness (QED) is 0.642. The maximum absolute atomic E-state index is 12.0. The van der Waals surface area contributed by atoms with Crippen LogP contribution < -0.4 is 10.3 Å². The zero-order valence-corrected chi connectivity index (χ0v) is 14.3. The standard InChI is InChI=1S/C15H24N4O2S/c1-4-13(11(2)3)17-18-14(20)9-12-10-22-15(16-12)19-5-7-21-8-6-19/h10-11H,4-9H2,1-3H3,(H,18,20)/b17-13-. The first-order valence-electron chi connectivity index (χ1n) is 7.72. The molecule has 1 amide bonds. The summed E-state index contributed by atoms with van der Waals surface area (Å²) in [4.78, 5) is 18.7. The number of carbonyl (C=O) groups is 1. The van der Waals surface area contributed by atoms with Gasteiger partial charge in [0.15, 0.2) is 5.13 Å². The van der Waals surface area contributed by atoms with Gasteiger partial charge in [0.05, 0.1) is 25.3 Å². The first-order chi connectivity index (χ1) is 10.6. The Bertz CT molecular complexity index is 521. The van der Waals surface area contributed by atoms with E-state index in [0.29, 0.717) is 5.92 Å². The number of nitrogens with one attached hydrogen (secondary N) is 1. The summed E-state index contributed by atoms with van der Waals surface area (Å²) in [6.07, 6.45) is 1.11. The monoisotopic (exact) mass is 324 g/mol. The molecule has 1 fully saturated rings. The fraction of sp³-hybridized carbons (Fsp3) is 0.667. The largest absolute Gasteiger partial charge is 0.378 e. The van der Waals surface area contributed by atoms with Crippen LogP contribution in [0.2, 0.25) is 0 Å². The van der Waals surface area contributed by atoms with Gasteiger partial charge in [0.25, 0.3) is 0 Å². The zero-order chi connectivity index (χ0) is 15.9. The molecule has 2 rings (SSSR count). The van der Waals surface area contributed by atoms with Crippen LogP contribution in [-0.2, 0) is 16.0 Å². The Labute approximate surface area is 135 Å². The van der Waals surface area contributed by atoms with E-state index in [2.05, 4.69) is 34.3 Å². The van der Waals surface area contributed by atoms with Gasteiger partial charge in [-0.05, 0) is 12.3 Å². The van der Waals surface area contributed by atoms with Gasteiger partial charge in [0.2, 0.25) is 5.91 Å². The van der Waals surface area contributed by atoms with E-state index in [9.17, 15) is 4.79 Å². The summed E-state index contributed by atoms with van der Waals surface area (Å²) in [7, 11) is 0. The van der Waals surface area contributed by atoms with Crippen molar-refractivity contribution in [1.82, 2.24) is 10.4 Å². The molecule has 0 bridgehead atoms. The molecule has 1 aliphatic heterocycles. The Morgan fingerprint density at radius 3 is 2.86 bits per heavy atom. The summed E-state index contributed by atoms with van der Waals surface area (Å²) >= 11 is 1.58. The fourth-order valence-corrected chi connectivity index (χ4v) is 3.11. The smallest absolute Gasteiger partial charge is 0.246 e. The summed E-state index contributed by atoms with van der Waals surface area (Å²) < 4.78 is 5.33. The summed E-state index contributed by atoms with van der Waals surface area (Å²) in [6.45, 7) is 9.38. The molecule has 7 heteroatoms. The number of ether oxygens (including phenoxy) is 1. The molecule has 0 spiro atoms. The third-order valence-corrected chi connectivity index (χ3v) is 4.47. The fourth-order valence-electron chi connectivity index (χ4n) is 2.23. The van der Waals surface area contributed by atoms with E-state index in [4.69, 9.17) is 4.74 Å². The highest BCUT2D eigenvalue weighted by atomic mass is 32.1. The molecule has 0 unspecified atom stereocenters. The van der Waals surface area contributed by atoms with Crippen molar-refractivity contribution in [3.8, 4) is 0 Å². The number of carbonyl (C=O) groups excluding carboxylic acids is 1. The number of nitrogens with zero attached hydrogens (tertiary/aromatic N) is 3. The lowest BCUT2D eigenvalue weighted by molar-refractivity contribution is -0.120. The highest BCUT2D eigenvalue weighted by Gasteiger charge is 2.15. The lowest BCUT2D eigenvalue weighted by atomic mass is 10.1. The second kappa shape index (κ2) is 8.24. The molecule has 22 heavy (non-hydrogen) atoms. The molecule has 6 nitrogen and oxygen atoms in total. The van der Waals surface area contributed by atoms with Gasteiger partial charge in [-0.2, -0.15) is 5.10 Å². The molecule has 0 aliphatic carbocycles. The summed E-state index contributed by atoms with van der Waals surface area (Å²) in [5, 5.41) is 7.11. The Balaban J connectivity index is 1.88. The zero-order valence-electron chi connectivity index (χ0n) is 13.5. The highest BCUT2D eigenvalue weighted by molar-refractivity contribution is 7.13.